The van der Waals surface area contributed by atoms with Crippen molar-refractivity contribution < 1.29 is 5.11 Å². The van der Waals surface area contributed by atoms with Gasteiger partial charge in [0.2, 0.25) is 0 Å². The molecule has 0 heterocycles. The highest BCUT2D eigenvalue weighted by molar-refractivity contribution is 5.33. The lowest BCUT2D eigenvalue weighted by atomic mass is 9.64. The lowest BCUT2D eigenvalue weighted by Gasteiger charge is -2.41. The Hall–Kier alpha value is -0.860. The Labute approximate surface area is 103 Å². The van der Waals surface area contributed by atoms with Crippen LogP contribution in [0.4, 0.5) is 0 Å². The molecule has 17 heavy (non-hydrogen) atoms. The lowest BCUT2D eigenvalue weighted by molar-refractivity contribution is 0.151. The zero-order valence-corrected chi connectivity index (χ0v) is 10.3. The summed E-state index contributed by atoms with van der Waals surface area (Å²) in [6.07, 6.45) is 6.46. The van der Waals surface area contributed by atoms with Crippen LogP contribution >= 0.6 is 0 Å². The van der Waals surface area contributed by atoms with E-state index < -0.39 is 5.60 Å². The predicted molar refractivity (Wildman–Crippen MR) is 68.9 cm³/mol. The predicted octanol–water partition coefficient (Wildman–Crippen LogP) is 2.13. The van der Waals surface area contributed by atoms with Crippen LogP contribution in [0.2, 0.25) is 0 Å². The van der Waals surface area contributed by atoms with Gasteiger partial charge in [-0.05, 0) is 36.8 Å². The van der Waals surface area contributed by atoms with Crippen LogP contribution in [0.1, 0.15) is 43.2 Å². The van der Waals surface area contributed by atoms with E-state index in [0.717, 1.165) is 25.8 Å². The molecule has 2 nitrogen and oxygen atoms in total. The Morgan fingerprint density at radius 2 is 1.94 bits per heavy atom. The molecule has 0 bridgehead atoms. The first kappa shape index (κ1) is 11.2. The molecule has 0 atom stereocenters. The van der Waals surface area contributed by atoms with E-state index in [0.29, 0.717) is 0 Å². The zero-order valence-electron chi connectivity index (χ0n) is 10.3. The van der Waals surface area contributed by atoms with E-state index in [1.165, 1.54) is 30.4 Å². The first-order valence-corrected chi connectivity index (χ1v) is 6.68. The molecule has 0 radical (unpaired) electrons. The lowest BCUT2D eigenvalue weighted by Crippen LogP contribution is -2.41. The molecule has 0 amide bonds. The average molecular weight is 231 g/mol. The third kappa shape index (κ3) is 2.00. The molecule has 2 aliphatic carbocycles. The first-order valence-electron chi connectivity index (χ1n) is 6.68. The van der Waals surface area contributed by atoms with Crippen molar-refractivity contribution in [1.82, 2.24) is 0 Å². The molecule has 92 valence electrons. The Morgan fingerprint density at radius 1 is 1.18 bits per heavy atom. The summed E-state index contributed by atoms with van der Waals surface area (Å²) in [6, 6.07) is 8.71. The molecule has 2 aliphatic rings. The minimum Gasteiger partial charge on any atom is -0.390 e. The normalized spacial score (nSPS) is 24.1. The summed E-state index contributed by atoms with van der Waals surface area (Å²) < 4.78 is 0. The number of nitrogens with two attached hydrogens (primary N) is 1. The quantitative estimate of drug-likeness (QED) is 0.834. The van der Waals surface area contributed by atoms with Crippen LogP contribution in [-0.4, -0.2) is 17.3 Å². The molecule has 0 spiro atoms. The summed E-state index contributed by atoms with van der Waals surface area (Å²) in [4.78, 5) is 0. The molecular weight excluding hydrogens is 210 g/mol. The summed E-state index contributed by atoms with van der Waals surface area (Å²) >= 11 is 0. The Bertz CT molecular complexity index is 413. The van der Waals surface area contributed by atoms with E-state index in [-0.39, 0.29) is 5.41 Å². The van der Waals surface area contributed by atoms with E-state index >= 15 is 0 Å². The van der Waals surface area contributed by atoms with E-state index in [2.05, 4.69) is 24.3 Å². The molecule has 0 aliphatic heterocycles. The summed E-state index contributed by atoms with van der Waals surface area (Å²) in [5.74, 6) is 0. The van der Waals surface area contributed by atoms with Gasteiger partial charge in [-0.3, -0.25) is 0 Å². The Morgan fingerprint density at radius 3 is 2.47 bits per heavy atom. The van der Waals surface area contributed by atoms with Gasteiger partial charge in [0.25, 0.3) is 0 Å². The van der Waals surface area contributed by atoms with Gasteiger partial charge in [-0.2, -0.15) is 0 Å². The second-order valence-electron chi connectivity index (χ2n) is 5.94. The molecule has 2 saturated carbocycles. The van der Waals surface area contributed by atoms with Crippen LogP contribution in [0.15, 0.2) is 24.3 Å². The fourth-order valence-corrected chi connectivity index (χ4v) is 2.93. The smallest absolute Gasteiger partial charge is 0.0690 e. The summed E-state index contributed by atoms with van der Waals surface area (Å²) in [5.41, 5.74) is 8.43. The third-order valence-corrected chi connectivity index (χ3v) is 4.60. The molecule has 1 aromatic rings. The van der Waals surface area contributed by atoms with Gasteiger partial charge in [0.15, 0.2) is 0 Å². The standard InChI is InChI=1S/C15H21NO/c16-11-14(5-2-6-14)13-4-1-3-12(9-13)10-15(17)7-8-15/h1,3-4,9,17H,2,5-8,10-11,16H2. The van der Waals surface area contributed by atoms with Gasteiger partial charge in [0.05, 0.1) is 5.60 Å². The van der Waals surface area contributed by atoms with E-state index in [9.17, 15) is 5.11 Å². The van der Waals surface area contributed by atoms with Gasteiger partial charge >= 0.3 is 0 Å². The number of aliphatic hydroxyl groups is 1. The summed E-state index contributed by atoms with van der Waals surface area (Å²) in [6.45, 7) is 0.751. The highest BCUT2D eigenvalue weighted by atomic mass is 16.3. The maximum absolute atomic E-state index is 9.98. The molecule has 2 fully saturated rings. The largest absolute Gasteiger partial charge is 0.390 e. The van der Waals surface area contributed by atoms with Crippen LogP contribution in [0.25, 0.3) is 0 Å². The highest BCUT2D eigenvalue weighted by Gasteiger charge is 2.41. The van der Waals surface area contributed by atoms with Gasteiger partial charge in [0.1, 0.15) is 0 Å². The molecule has 0 saturated heterocycles. The fraction of sp³-hybridized carbons (Fsp3) is 0.600. The molecule has 2 heteroatoms. The monoisotopic (exact) mass is 231 g/mol. The minimum absolute atomic E-state index is 0.238. The van der Waals surface area contributed by atoms with Crippen LogP contribution in [0.3, 0.4) is 0 Å². The number of hydrogen-bond donors (Lipinski definition) is 2. The minimum atomic E-state index is -0.395. The first-order chi connectivity index (χ1) is 8.16. The van der Waals surface area contributed by atoms with Gasteiger partial charge in [-0.25, -0.2) is 0 Å². The summed E-state index contributed by atoms with van der Waals surface area (Å²) in [7, 11) is 0. The zero-order chi connectivity index (χ0) is 11.9. The SMILES string of the molecule is NCC1(c2cccc(CC3(O)CC3)c2)CCC1. The van der Waals surface area contributed by atoms with Crippen LogP contribution < -0.4 is 5.73 Å². The van der Waals surface area contributed by atoms with Crippen molar-refractivity contribution in [3.63, 3.8) is 0 Å². The second-order valence-corrected chi connectivity index (χ2v) is 5.94. The van der Waals surface area contributed by atoms with Crippen molar-refractivity contribution in [3.8, 4) is 0 Å². The maximum atomic E-state index is 9.98. The highest BCUT2D eigenvalue weighted by Crippen LogP contribution is 2.44. The van der Waals surface area contributed by atoms with Crippen molar-refractivity contribution in [1.29, 1.82) is 0 Å². The molecular formula is C15H21NO. The Balaban J connectivity index is 1.83. The summed E-state index contributed by atoms with van der Waals surface area (Å²) in [5, 5.41) is 9.98. The number of hydrogen-bond acceptors (Lipinski definition) is 2. The van der Waals surface area contributed by atoms with Gasteiger partial charge in [0, 0.05) is 18.4 Å². The third-order valence-electron chi connectivity index (χ3n) is 4.60. The van der Waals surface area contributed by atoms with E-state index in [1.807, 2.05) is 0 Å². The van der Waals surface area contributed by atoms with Crippen molar-refractivity contribution >= 4 is 0 Å². The topological polar surface area (TPSA) is 46.2 Å². The molecule has 3 rings (SSSR count). The molecule has 0 aromatic heterocycles. The average Bonchev–Trinajstić information content (AvgIpc) is 2.96. The number of benzene rings is 1. The fourth-order valence-electron chi connectivity index (χ4n) is 2.93. The van der Waals surface area contributed by atoms with Gasteiger partial charge in [-0.1, -0.05) is 30.7 Å². The molecule has 1 aromatic carbocycles. The van der Waals surface area contributed by atoms with Crippen molar-refractivity contribution in [3.05, 3.63) is 35.4 Å². The van der Waals surface area contributed by atoms with Gasteiger partial charge in [-0.15, -0.1) is 0 Å². The molecule has 3 N–H and O–H groups in total. The van der Waals surface area contributed by atoms with Crippen molar-refractivity contribution in [2.24, 2.45) is 5.73 Å². The van der Waals surface area contributed by atoms with Crippen molar-refractivity contribution in [2.45, 2.75) is 49.5 Å². The van der Waals surface area contributed by atoms with Crippen LogP contribution in [0, 0.1) is 0 Å². The van der Waals surface area contributed by atoms with Crippen molar-refractivity contribution in [2.75, 3.05) is 6.54 Å². The van der Waals surface area contributed by atoms with Crippen LogP contribution in [-0.2, 0) is 11.8 Å². The van der Waals surface area contributed by atoms with Gasteiger partial charge < -0.3 is 10.8 Å². The molecule has 0 unspecified atom stereocenters. The second kappa shape index (κ2) is 3.82. The van der Waals surface area contributed by atoms with Crippen LogP contribution in [0.5, 0.6) is 0 Å². The Kier molecular flexibility index (Phi) is 2.53. The van der Waals surface area contributed by atoms with E-state index in [1.54, 1.807) is 0 Å². The number of rotatable bonds is 4. The maximum Gasteiger partial charge on any atom is 0.0690 e. The van der Waals surface area contributed by atoms with E-state index in [4.69, 9.17) is 5.73 Å².